The van der Waals surface area contributed by atoms with E-state index in [1.807, 2.05) is 0 Å². The van der Waals surface area contributed by atoms with Crippen molar-refractivity contribution in [2.75, 3.05) is 45.9 Å². The van der Waals surface area contributed by atoms with Crippen LogP contribution in [-0.4, -0.2) is 61.3 Å². The van der Waals surface area contributed by atoms with Crippen LogP contribution in [0.5, 0.6) is 0 Å². The second-order valence-electron chi connectivity index (χ2n) is 4.89. The van der Waals surface area contributed by atoms with Crippen LogP contribution in [0.25, 0.3) is 0 Å². The van der Waals surface area contributed by atoms with Gasteiger partial charge in [0.05, 0.1) is 6.67 Å². The SMILES string of the molecule is CC(C)(CN)N1CCN(CCCF)CC1. The molecule has 90 valence electrons. The summed E-state index contributed by atoms with van der Waals surface area (Å²) in [6.07, 6.45) is 0.667. The first-order valence-corrected chi connectivity index (χ1v) is 5.83. The van der Waals surface area contributed by atoms with Gasteiger partial charge < -0.3 is 10.6 Å². The Labute approximate surface area is 92.4 Å². The summed E-state index contributed by atoms with van der Waals surface area (Å²) >= 11 is 0. The van der Waals surface area contributed by atoms with Gasteiger partial charge in [-0.2, -0.15) is 0 Å². The molecule has 0 aromatic carbocycles. The van der Waals surface area contributed by atoms with Crippen LogP contribution in [0.2, 0.25) is 0 Å². The Hall–Kier alpha value is -0.190. The fourth-order valence-corrected chi connectivity index (χ4v) is 1.99. The molecule has 0 bridgehead atoms. The Balaban J connectivity index is 2.29. The summed E-state index contributed by atoms with van der Waals surface area (Å²) in [5.41, 5.74) is 5.85. The maximum atomic E-state index is 12.0. The van der Waals surface area contributed by atoms with Crippen molar-refractivity contribution >= 4 is 0 Å². The Morgan fingerprint density at radius 2 is 1.80 bits per heavy atom. The van der Waals surface area contributed by atoms with Crippen LogP contribution < -0.4 is 5.73 Å². The minimum atomic E-state index is -0.200. The fraction of sp³-hybridized carbons (Fsp3) is 1.00. The summed E-state index contributed by atoms with van der Waals surface area (Å²) in [6, 6.07) is 0. The Bertz CT molecular complexity index is 177. The molecule has 0 atom stereocenters. The van der Waals surface area contributed by atoms with Crippen molar-refractivity contribution in [1.82, 2.24) is 9.80 Å². The molecule has 0 aromatic heterocycles. The topological polar surface area (TPSA) is 32.5 Å². The van der Waals surface area contributed by atoms with Gasteiger partial charge in [0.1, 0.15) is 0 Å². The number of nitrogens with zero attached hydrogens (tertiary/aromatic N) is 2. The van der Waals surface area contributed by atoms with Crippen molar-refractivity contribution in [3.8, 4) is 0 Å². The van der Waals surface area contributed by atoms with Gasteiger partial charge in [-0.15, -0.1) is 0 Å². The van der Waals surface area contributed by atoms with E-state index < -0.39 is 0 Å². The van der Waals surface area contributed by atoms with Crippen molar-refractivity contribution in [2.45, 2.75) is 25.8 Å². The molecule has 0 amide bonds. The van der Waals surface area contributed by atoms with Crippen LogP contribution in [0, 0.1) is 0 Å². The van der Waals surface area contributed by atoms with Gasteiger partial charge in [-0.3, -0.25) is 9.29 Å². The summed E-state index contributed by atoms with van der Waals surface area (Å²) in [4.78, 5) is 4.77. The minimum absolute atomic E-state index is 0.103. The molecule has 1 rings (SSSR count). The summed E-state index contributed by atoms with van der Waals surface area (Å²) < 4.78 is 12.0. The normalized spacial score (nSPS) is 20.8. The molecule has 1 heterocycles. The number of hydrogen-bond acceptors (Lipinski definition) is 3. The fourth-order valence-electron chi connectivity index (χ4n) is 1.99. The van der Waals surface area contributed by atoms with Gasteiger partial charge in [-0.25, -0.2) is 0 Å². The van der Waals surface area contributed by atoms with Crippen LogP contribution >= 0.6 is 0 Å². The van der Waals surface area contributed by atoms with E-state index in [0.29, 0.717) is 13.0 Å². The zero-order chi connectivity index (χ0) is 11.3. The maximum Gasteiger partial charge on any atom is 0.0906 e. The lowest BCUT2D eigenvalue weighted by atomic mass is 10.0. The molecular weight excluding hydrogens is 193 g/mol. The standard InChI is InChI=1S/C11H24FN3/c1-11(2,10-13)15-8-6-14(7-9-15)5-3-4-12/h3-10,13H2,1-2H3. The quantitative estimate of drug-likeness (QED) is 0.736. The molecule has 0 unspecified atom stereocenters. The largest absolute Gasteiger partial charge is 0.329 e. The molecule has 0 radical (unpaired) electrons. The first-order chi connectivity index (χ1) is 7.10. The molecule has 15 heavy (non-hydrogen) atoms. The van der Waals surface area contributed by atoms with Gasteiger partial charge in [0.15, 0.2) is 0 Å². The summed E-state index contributed by atoms with van der Waals surface area (Å²) in [6.45, 7) is 9.95. The molecule has 3 nitrogen and oxygen atoms in total. The highest BCUT2D eigenvalue weighted by atomic mass is 19.1. The number of hydrogen-bond donors (Lipinski definition) is 1. The smallest absolute Gasteiger partial charge is 0.0906 e. The zero-order valence-corrected chi connectivity index (χ0v) is 10.0. The summed E-state index contributed by atoms with van der Waals surface area (Å²) in [7, 11) is 0. The molecule has 1 fully saturated rings. The van der Waals surface area contributed by atoms with Crippen molar-refractivity contribution in [1.29, 1.82) is 0 Å². The van der Waals surface area contributed by atoms with Crippen molar-refractivity contribution < 1.29 is 4.39 Å². The van der Waals surface area contributed by atoms with Crippen LogP contribution in [-0.2, 0) is 0 Å². The molecule has 0 spiro atoms. The molecule has 2 N–H and O–H groups in total. The lowest BCUT2D eigenvalue weighted by molar-refractivity contribution is 0.0557. The molecule has 1 aliphatic rings. The number of piperazine rings is 1. The first-order valence-electron chi connectivity index (χ1n) is 5.83. The van der Waals surface area contributed by atoms with E-state index in [1.54, 1.807) is 0 Å². The lowest BCUT2D eigenvalue weighted by Crippen LogP contribution is -2.57. The maximum absolute atomic E-state index is 12.0. The summed E-state index contributed by atoms with van der Waals surface area (Å²) in [5, 5.41) is 0. The van der Waals surface area contributed by atoms with Crippen LogP contribution in [0.3, 0.4) is 0 Å². The van der Waals surface area contributed by atoms with Gasteiger partial charge in [0, 0.05) is 44.8 Å². The van der Waals surface area contributed by atoms with Gasteiger partial charge in [0.25, 0.3) is 0 Å². The second-order valence-corrected chi connectivity index (χ2v) is 4.89. The average molecular weight is 217 g/mol. The molecule has 1 saturated heterocycles. The third-order valence-corrected chi connectivity index (χ3v) is 3.34. The van der Waals surface area contributed by atoms with Crippen molar-refractivity contribution in [2.24, 2.45) is 5.73 Å². The first kappa shape index (κ1) is 12.9. The monoisotopic (exact) mass is 217 g/mol. The Morgan fingerprint density at radius 1 is 1.20 bits per heavy atom. The molecular formula is C11H24FN3. The number of rotatable bonds is 5. The van der Waals surface area contributed by atoms with E-state index in [-0.39, 0.29) is 12.2 Å². The van der Waals surface area contributed by atoms with Crippen molar-refractivity contribution in [3.05, 3.63) is 0 Å². The Kier molecular flexibility index (Phi) is 4.96. The van der Waals surface area contributed by atoms with Crippen LogP contribution in [0.4, 0.5) is 4.39 Å². The van der Waals surface area contributed by atoms with E-state index in [1.165, 1.54) is 0 Å². The molecule has 0 aliphatic carbocycles. The third-order valence-electron chi connectivity index (χ3n) is 3.34. The van der Waals surface area contributed by atoms with Crippen molar-refractivity contribution in [3.63, 3.8) is 0 Å². The Morgan fingerprint density at radius 3 is 2.27 bits per heavy atom. The summed E-state index contributed by atoms with van der Waals surface area (Å²) in [5.74, 6) is 0. The predicted octanol–water partition coefficient (Wildman–Crippen LogP) is 0.701. The number of nitrogens with two attached hydrogens (primary N) is 1. The molecule has 0 saturated carbocycles. The lowest BCUT2D eigenvalue weighted by Gasteiger charge is -2.43. The molecule has 1 aliphatic heterocycles. The highest BCUT2D eigenvalue weighted by Gasteiger charge is 2.28. The van der Waals surface area contributed by atoms with E-state index >= 15 is 0 Å². The minimum Gasteiger partial charge on any atom is -0.329 e. The van der Waals surface area contributed by atoms with E-state index in [4.69, 9.17) is 5.73 Å². The van der Waals surface area contributed by atoms with Gasteiger partial charge in [-0.1, -0.05) is 0 Å². The third kappa shape index (κ3) is 3.70. The average Bonchev–Trinajstić information content (AvgIpc) is 2.27. The predicted molar refractivity (Wildman–Crippen MR) is 61.7 cm³/mol. The molecule has 4 heteroatoms. The number of alkyl halides is 1. The van der Waals surface area contributed by atoms with E-state index in [0.717, 1.165) is 32.7 Å². The van der Waals surface area contributed by atoms with Gasteiger partial charge in [-0.05, 0) is 20.3 Å². The van der Waals surface area contributed by atoms with E-state index in [2.05, 4.69) is 23.6 Å². The zero-order valence-electron chi connectivity index (χ0n) is 10.0. The van der Waals surface area contributed by atoms with Gasteiger partial charge in [0.2, 0.25) is 0 Å². The highest BCUT2D eigenvalue weighted by molar-refractivity contribution is 4.86. The van der Waals surface area contributed by atoms with Crippen LogP contribution in [0.15, 0.2) is 0 Å². The van der Waals surface area contributed by atoms with E-state index in [9.17, 15) is 4.39 Å². The molecule has 0 aromatic rings. The highest BCUT2D eigenvalue weighted by Crippen LogP contribution is 2.15. The second kappa shape index (κ2) is 5.77. The number of halogens is 1. The van der Waals surface area contributed by atoms with Gasteiger partial charge >= 0.3 is 0 Å². The van der Waals surface area contributed by atoms with Crippen LogP contribution in [0.1, 0.15) is 20.3 Å².